The number of hydrogen-bond donors (Lipinski definition) is 2. The van der Waals surface area contributed by atoms with Crippen LogP contribution < -0.4 is 10.2 Å². The molecule has 0 aromatic heterocycles. The third kappa shape index (κ3) is 4.83. The molecule has 0 heterocycles. The minimum atomic E-state index is -1.06. The zero-order chi connectivity index (χ0) is 14.4. The number of nitrogens with zero attached hydrogens (tertiary/aromatic N) is 1. The summed E-state index contributed by atoms with van der Waals surface area (Å²) in [5.41, 5.74) is 1.95. The molecule has 2 N–H and O–H groups in total. The van der Waals surface area contributed by atoms with E-state index >= 15 is 0 Å². The molecule has 0 unspecified atom stereocenters. The number of rotatable bonds is 5. The van der Waals surface area contributed by atoms with Gasteiger partial charge in [-0.2, -0.15) is 0 Å². The van der Waals surface area contributed by atoms with Crippen LogP contribution in [0, 0.1) is 0 Å². The Morgan fingerprint density at radius 2 is 1.84 bits per heavy atom. The van der Waals surface area contributed by atoms with Crippen LogP contribution in [0.25, 0.3) is 6.08 Å². The van der Waals surface area contributed by atoms with E-state index in [-0.39, 0.29) is 0 Å². The minimum absolute atomic E-state index is 0.424. The average Bonchev–Trinajstić information content (AvgIpc) is 2.36. The van der Waals surface area contributed by atoms with E-state index in [4.69, 9.17) is 5.11 Å². The molecule has 0 radical (unpaired) electrons. The Labute approximate surface area is 112 Å². The summed E-state index contributed by atoms with van der Waals surface area (Å²) in [6.07, 6.45) is 2.97. The fraction of sp³-hybridized carbons (Fsp3) is 0.286. The van der Waals surface area contributed by atoms with E-state index in [9.17, 15) is 9.59 Å². The van der Waals surface area contributed by atoms with Crippen molar-refractivity contribution in [1.82, 2.24) is 5.32 Å². The SMILES string of the molecule is C[C@@H](NC(=O)C=Cc1ccc(N(C)C)cc1)C(=O)O. The van der Waals surface area contributed by atoms with Gasteiger partial charge in [-0.15, -0.1) is 0 Å². The van der Waals surface area contributed by atoms with Gasteiger partial charge in [0.15, 0.2) is 0 Å². The predicted molar refractivity (Wildman–Crippen MR) is 75.0 cm³/mol. The summed E-state index contributed by atoms with van der Waals surface area (Å²) in [6.45, 7) is 1.42. The first-order chi connectivity index (χ1) is 8.90. The Balaban J connectivity index is 2.61. The Morgan fingerprint density at radius 1 is 1.26 bits per heavy atom. The average molecular weight is 262 g/mol. The molecule has 0 saturated heterocycles. The molecule has 19 heavy (non-hydrogen) atoms. The Hall–Kier alpha value is -2.30. The van der Waals surface area contributed by atoms with Crippen LogP contribution >= 0.6 is 0 Å². The Kier molecular flexibility index (Phi) is 5.11. The van der Waals surface area contributed by atoms with Crippen molar-refractivity contribution < 1.29 is 14.7 Å². The highest BCUT2D eigenvalue weighted by atomic mass is 16.4. The maximum Gasteiger partial charge on any atom is 0.325 e. The van der Waals surface area contributed by atoms with Crippen molar-refractivity contribution in [1.29, 1.82) is 0 Å². The van der Waals surface area contributed by atoms with Gasteiger partial charge in [0, 0.05) is 25.9 Å². The Bertz CT molecular complexity index is 478. The van der Waals surface area contributed by atoms with E-state index < -0.39 is 17.9 Å². The molecule has 1 aromatic carbocycles. The van der Waals surface area contributed by atoms with Gasteiger partial charge in [0.1, 0.15) is 6.04 Å². The second-order valence-corrected chi connectivity index (χ2v) is 4.39. The van der Waals surface area contributed by atoms with Gasteiger partial charge in [-0.05, 0) is 30.7 Å². The summed E-state index contributed by atoms with van der Waals surface area (Å²) in [5.74, 6) is -1.48. The van der Waals surface area contributed by atoms with Crippen molar-refractivity contribution in [2.24, 2.45) is 0 Å². The lowest BCUT2D eigenvalue weighted by molar-refractivity contribution is -0.140. The molecular weight excluding hydrogens is 244 g/mol. The van der Waals surface area contributed by atoms with Gasteiger partial charge in [-0.3, -0.25) is 9.59 Å². The van der Waals surface area contributed by atoms with E-state index in [1.165, 1.54) is 13.0 Å². The molecule has 0 aliphatic heterocycles. The molecule has 1 aromatic rings. The molecule has 5 heteroatoms. The van der Waals surface area contributed by atoms with Gasteiger partial charge in [0.05, 0.1) is 0 Å². The number of carbonyl (C=O) groups excluding carboxylic acids is 1. The maximum absolute atomic E-state index is 11.4. The summed E-state index contributed by atoms with van der Waals surface area (Å²) in [6, 6.07) is 6.77. The molecule has 102 valence electrons. The van der Waals surface area contributed by atoms with Crippen LogP contribution in [0.4, 0.5) is 5.69 Å². The number of carboxylic acids is 1. The fourth-order valence-corrected chi connectivity index (χ4v) is 1.38. The number of carboxylic acid groups (broad SMARTS) is 1. The number of hydrogen-bond acceptors (Lipinski definition) is 3. The van der Waals surface area contributed by atoms with Crippen molar-refractivity contribution in [3.05, 3.63) is 35.9 Å². The van der Waals surface area contributed by atoms with Crippen LogP contribution in [0.15, 0.2) is 30.3 Å². The number of aliphatic carboxylic acids is 1. The number of amides is 1. The third-order valence-corrected chi connectivity index (χ3v) is 2.57. The highest BCUT2D eigenvalue weighted by molar-refractivity contribution is 5.94. The molecular formula is C14H18N2O3. The van der Waals surface area contributed by atoms with Crippen molar-refractivity contribution in [2.45, 2.75) is 13.0 Å². The summed E-state index contributed by atoms with van der Waals surface area (Å²) >= 11 is 0. The minimum Gasteiger partial charge on any atom is -0.480 e. The first-order valence-corrected chi connectivity index (χ1v) is 5.89. The molecule has 0 saturated carbocycles. The molecule has 1 atom stereocenters. The summed E-state index contributed by atoms with van der Waals surface area (Å²) in [5, 5.41) is 11.0. The zero-order valence-corrected chi connectivity index (χ0v) is 11.3. The van der Waals surface area contributed by atoms with E-state index in [1.54, 1.807) is 6.08 Å². The monoisotopic (exact) mass is 262 g/mol. The molecule has 1 rings (SSSR count). The first-order valence-electron chi connectivity index (χ1n) is 5.89. The van der Waals surface area contributed by atoms with Gasteiger partial charge in [0.25, 0.3) is 0 Å². The number of nitrogens with one attached hydrogen (secondary N) is 1. The van der Waals surface area contributed by atoms with Crippen molar-refractivity contribution in [2.75, 3.05) is 19.0 Å². The van der Waals surface area contributed by atoms with E-state index in [2.05, 4.69) is 5.32 Å². The highest BCUT2D eigenvalue weighted by Gasteiger charge is 2.11. The molecule has 1 amide bonds. The van der Waals surface area contributed by atoms with Crippen LogP contribution in [0.1, 0.15) is 12.5 Å². The number of benzene rings is 1. The first kappa shape index (κ1) is 14.8. The molecule has 0 aliphatic rings. The smallest absolute Gasteiger partial charge is 0.325 e. The molecule has 5 nitrogen and oxygen atoms in total. The predicted octanol–water partition coefficient (Wildman–Crippen LogP) is 1.36. The lowest BCUT2D eigenvalue weighted by Gasteiger charge is -2.11. The second kappa shape index (κ2) is 6.58. The summed E-state index contributed by atoms with van der Waals surface area (Å²) < 4.78 is 0. The van der Waals surface area contributed by atoms with Crippen LogP contribution in [0.2, 0.25) is 0 Å². The van der Waals surface area contributed by atoms with Crippen LogP contribution in [0.5, 0.6) is 0 Å². The quantitative estimate of drug-likeness (QED) is 0.786. The van der Waals surface area contributed by atoms with Crippen LogP contribution in [-0.4, -0.2) is 37.1 Å². The fourth-order valence-electron chi connectivity index (χ4n) is 1.38. The summed E-state index contributed by atoms with van der Waals surface area (Å²) in [4.78, 5) is 24.0. The molecule has 0 spiro atoms. The largest absolute Gasteiger partial charge is 0.480 e. The Morgan fingerprint density at radius 3 is 2.32 bits per heavy atom. The van der Waals surface area contributed by atoms with Gasteiger partial charge < -0.3 is 15.3 Å². The van der Waals surface area contributed by atoms with Gasteiger partial charge in [0.2, 0.25) is 5.91 Å². The number of carbonyl (C=O) groups is 2. The normalized spacial score (nSPS) is 12.2. The van der Waals surface area contributed by atoms with E-state index in [0.717, 1.165) is 11.3 Å². The lowest BCUT2D eigenvalue weighted by atomic mass is 10.2. The van der Waals surface area contributed by atoms with Crippen molar-refractivity contribution in [3.8, 4) is 0 Å². The topological polar surface area (TPSA) is 69.6 Å². The van der Waals surface area contributed by atoms with Gasteiger partial charge in [-0.25, -0.2) is 0 Å². The van der Waals surface area contributed by atoms with Crippen LogP contribution in [0.3, 0.4) is 0 Å². The summed E-state index contributed by atoms with van der Waals surface area (Å²) in [7, 11) is 3.90. The maximum atomic E-state index is 11.4. The van der Waals surface area contributed by atoms with Gasteiger partial charge >= 0.3 is 5.97 Å². The van der Waals surface area contributed by atoms with Crippen molar-refractivity contribution >= 4 is 23.6 Å². The zero-order valence-electron chi connectivity index (χ0n) is 11.3. The second-order valence-electron chi connectivity index (χ2n) is 4.39. The van der Waals surface area contributed by atoms with Crippen molar-refractivity contribution in [3.63, 3.8) is 0 Å². The van der Waals surface area contributed by atoms with E-state index in [1.807, 2.05) is 43.3 Å². The molecule has 0 fully saturated rings. The lowest BCUT2D eigenvalue weighted by Crippen LogP contribution is -2.37. The van der Waals surface area contributed by atoms with E-state index in [0.29, 0.717) is 0 Å². The van der Waals surface area contributed by atoms with Gasteiger partial charge in [-0.1, -0.05) is 12.1 Å². The standard InChI is InChI=1S/C14H18N2O3/c1-10(14(18)19)15-13(17)9-6-11-4-7-12(8-5-11)16(2)3/h4-10H,1-3H3,(H,15,17)(H,18,19)/t10-/m1/s1. The molecule has 0 bridgehead atoms. The number of anilines is 1. The molecule has 0 aliphatic carbocycles. The third-order valence-electron chi connectivity index (χ3n) is 2.57. The van der Waals surface area contributed by atoms with Crippen LogP contribution in [-0.2, 0) is 9.59 Å². The highest BCUT2D eigenvalue weighted by Crippen LogP contribution is 2.12.